The maximum absolute atomic E-state index is 12.5. The molecule has 1 aliphatic rings. The summed E-state index contributed by atoms with van der Waals surface area (Å²) in [6, 6.07) is -0.0653. The van der Waals surface area contributed by atoms with Crippen LogP contribution in [0.15, 0.2) is 12.7 Å². The predicted octanol–water partition coefficient (Wildman–Crippen LogP) is 2.93. The summed E-state index contributed by atoms with van der Waals surface area (Å²) in [7, 11) is 0. The third kappa shape index (κ3) is 4.21. The van der Waals surface area contributed by atoms with E-state index in [9.17, 15) is 9.59 Å². The standard InChI is InChI=1S/C18H27N3O4/c1-7-9-21-15(16(22)24-8-2)13-11-20(12(3)10-14(13)19-21)17(23)25-18(4,5)6/h7,12H,1,8-11H2,2-6H3/t12-/m1/s1. The lowest BCUT2D eigenvalue weighted by atomic mass is 10.00. The van der Waals surface area contributed by atoms with Crippen molar-refractivity contribution in [2.24, 2.45) is 0 Å². The van der Waals surface area contributed by atoms with Crippen LogP contribution in [0.2, 0.25) is 0 Å². The highest BCUT2D eigenvalue weighted by Crippen LogP contribution is 2.28. The summed E-state index contributed by atoms with van der Waals surface area (Å²) in [5.74, 6) is -0.434. The van der Waals surface area contributed by atoms with Crippen LogP contribution in [0.5, 0.6) is 0 Å². The summed E-state index contributed by atoms with van der Waals surface area (Å²) in [5, 5.41) is 4.53. The van der Waals surface area contributed by atoms with Gasteiger partial charge in [0.15, 0.2) is 5.69 Å². The number of fused-ring (bicyclic) bond motifs is 1. The average Bonchev–Trinajstić information content (AvgIpc) is 2.82. The van der Waals surface area contributed by atoms with Crippen LogP contribution in [0.4, 0.5) is 4.79 Å². The molecule has 1 aromatic heterocycles. The number of ether oxygens (including phenoxy) is 2. The number of amides is 1. The topological polar surface area (TPSA) is 73.7 Å². The van der Waals surface area contributed by atoms with Crippen molar-refractivity contribution in [3.05, 3.63) is 29.6 Å². The molecule has 0 aromatic carbocycles. The van der Waals surface area contributed by atoms with Crippen LogP contribution >= 0.6 is 0 Å². The molecule has 0 aliphatic carbocycles. The van der Waals surface area contributed by atoms with E-state index in [4.69, 9.17) is 9.47 Å². The monoisotopic (exact) mass is 349 g/mol. The van der Waals surface area contributed by atoms with E-state index in [2.05, 4.69) is 11.7 Å². The van der Waals surface area contributed by atoms with Crippen LogP contribution in [-0.4, -0.2) is 45.0 Å². The Bertz CT molecular complexity index is 673. The molecule has 0 N–H and O–H groups in total. The van der Waals surface area contributed by atoms with Crippen molar-refractivity contribution in [1.29, 1.82) is 0 Å². The van der Waals surface area contributed by atoms with E-state index in [1.807, 2.05) is 27.7 Å². The van der Waals surface area contributed by atoms with Gasteiger partial charge in [-0.05, 0) is 34.6 Å². The Morgan fingerprint density at radius 2 is 2.08 bits per heavy atom. The zero-order valence-corrected chi connectivity index (χ0v) is 15.7. The van der Waals surface area contributed by atoms with E-state index in [1.54, 1.807) is 22.6 Å². The molecule has 1 amide bonds. The zero-order valence-electron chi connectivity index (χ0n) is 15.7. The highest BCUT2D eigenvalue weighted by molar-refractivity contribution is 5.90. The van der Waals surface area contributed by atoms with Gasteiger partial charge in [-0.2, -0.15) is 5.10 Å². The number of carbonyl (C=O) groups is 2. The highest BCUT2D eigenvalue weighted by atomic mass is 16.6. The van der Waals surface area contributed by atoms with Gasteiger partial charge in [-0.25, -0.2) is 9.59 Å². The molecule has 1 aliphatic heterocycles. The van der Waals surface area contributed by atoms with E-state index in [1.165, 1.54) is 0 Å². The fourth-order valence-electron chi connectivity index (χ4n) is 2.84. The van der Waals surface area contributed by atoms with E-state index < -0.39 is 17.7 Å². The van der Waals surface area contributed by atoms with Crippen LogP contribution in [0.3, 0.4) is 0 Å². The maximum atomic E-state index is 12.5. The molecule has 138 valence electrons. The quantitative estimate of drug-likeness (QED) is 0.617. The molecule has 2 heterocycles. The number of rotatable bonds is 4. The summed E-state index contributed by atoms with van der Waals surface area (Å²) < 4.78 is 12.3. The first-order chi connectivity index (χ1) is 11.7. The molecule has 2 rings (SSSR count). The number of esters is 1. The molecule has 7 nitrogen and oxygen atoms in total. The minimum Gasteiger partial charge on any atom is -0.461 e. The van der Waals surface area contributed by atoms with Crippen LogP contribution in [0.25, 0.3) is 0 Å². The molecule has 0 radical (unpaired) electrons. The maximum Gasteiger partial charge on any atom is 0.410 e. The predicted molar refractivity (Wildman–Crippen MR) is 93.3 cm³/mol. The SMILES string of the molecule is C=CCn1nc2c(c1C(=O)OCC)CN(C(=O)OC(C)(C)C)[C@H](C)C2. The first-order valence-corrected chi connectivity index (χ1v) is 8.54. The van der Waals surface area contributed by atoms with Crippen molar-refractivity contribution in [2.45, 2.75) is 65.8 Å². The second kappa shape index (κ2) is 7.29. The van der Waals surface area contributed by atoms with Crippen molar-refractivity contribution < 1.29 is 19.1 Å². The first-order valence-electron chi connectivity index (χ1n) is 8.54. The number of carbonyl (C=O) groups excluding carboxylic acids is 2. The van der Waals surface area contributed by atoms with Gasteiger partial charge in [0.25, 0.3) is 0 Å². The van der Waals surface area contributed by atoms with Crippen molar-refractivity contribution in [1.82, 2.24) is 14.7 Å². The summed E-state index contributed by atoms with van der Waals surface area (Å²) in [6.07, 6.45) is 1.85. The van der Waals surface area contributed by atoms with Crippen molar-refractivity contribution in [3.8, 4) is 0 Å². The molecule has 1 atom stereocenters. The third-order valence-corrected chi connectivity index (χ3v) is 3.88. The van der Waals surface area contributed by atoms with Crippen molar-refractivity contribution >= 4 is 12.1 Å². The minimum atomic E-state index is -0.575. The lowest BCUT2D eigenvalue weighted by molar-refractivity contribution is 0.0134. The summed E-state index contributed by atoms with van der Waals surface area (Å²) in [4.78, 5) is 26.6. The highest BCUT2D eigenvalue weighted by Gasteiger charge is 2.36. The van der Waals surface area contributed by atoms with Crippen LogP contribution in [-0.2, 0) is 29.0 Å². The Balaban J connectivity index is 2.37. The number of aromatic nitrogens is 2. The Morgan fingerprint density at radius 1 is 1.40 bits per heavy atom. The second-order valence-electron chi connectivity index (χ2n) is 7.13. The largest absolute Gasteiger partial charge is 0.461 e. The minimum absolute atomic E-state index is 0.0653. The second-order valence-corrected chi connectivity index (χ2v) is 7.13. The summed E-state index contributed by atoms with van der Waals surface area (Å²) in [6.45, 7) is 13.9. The van der Waals surface area contributed by atoms with Gasteiger partial charge < -0.3 is 14.4 Å². The van der Waals surface area contributed by atoms with E-state index in [-0.39, 0.29) is 19.2 Å². The Kier molecular flexibility index (Phi) is 5.55. The molecule has 0 spiro atoms. The molecule has 0 saturated carbocycles. The normalized spacial score (nSPS) is 17.0. The first kappa shape index (κ1) is 19.0. The number of nitrogens with zero attached hydrogens (tertiary/aromatic N) is 3. The molecule has 1 aromatic rings. The van der Waals surface area contributed by atoms with Crippen LogP contribution in [0, 0.1) is 0 Å². The van der Waals surface area contributed by atoms with Gasteiger partial charge in [0.05, 0.1) is 25.4 Å². The molecule has 0 bridgehead atoms. The number of allylic oxidation sites excluding steroid dienone is 1. The van der Waals surface area contributed by atoms with E-state index in [0.29, 0.717) is 18.7 Å². The average molecular weight is 349 g/mol. The number of hydrogen-bond donors (Lipinski definition) is 0. The molecule has 0 saturated heterocycles. The van der Waals surface area contributed by atoms with Gasteiger partial charge in [-0.3, -0.25) is 4.68 Å². The van der Waals surface area contributed by atoms with Crippen molar-refractivity contribution in [3.63, 3.8) is 0 Å². The Hall–Kier alpha value is -2.31. The van der Waals surface area contributed by atoms with Gasteiger partial charge in [-0.15, -0.1) is 6.58 Å². The number of hydrogen-bond acceptors (Lipinski definition) is 5. The van der Waals surface area contributed by atoms with Gasteiger partial charge in [0.1, 0.15) is 5.60 Å². The van der Waals surface area contributed by atoms with Gasteiger partial charge in [0, 0.05) is 18.0 Å². The van der Waals surface area contributed by atoms with Crippen LogP contribution in [0.1, 0.15) is 56.4 Å². The molecular formula is C18H27N3O4. The lowest BCUT2D eigenvalue weighted by Crippen LogP contribution is -2.45. The smallest absolute Gasteiger partial charge is 0.410 e. The van der Waals surface area contributed by atoms with Gasteiger partial charge >= 0.3 is 12.1 Å². The molecule has 0 fully saturated rings. The molecular weight excluding hydrogens is 322 g/mol. The van der Waals surface area contributed by atoms with E-state index in [0.717, 1.165) is 11.3 Å². The lowest BCUT2D eigenvalue weighted by Gasteiger charge is -2.34. The fraction of sp³-hybridized carbons (Fsp3) is 0.611. The van der Waals surface area contributed by atoms with Gasteiger partial charge in [0.2, 0.25) is 0 Å². The summed E-state index contributed by atoms with van der Waals surface area (Å²) >= 11 is 0. The van der Waals surface area contributed by atoms with Crippen LogP contribution < -0.4 is 0 Å². The molecule has 0 unspecified atom stereocenters. The summed E-state index contributed by atoms with van der Waals surface area (Å²) in [5.41, 5.74) is 1.35. The third-order valence-electron chi connectivity index (χ3n) is 3.88. The Morgan fingerprint density at radius 3 is 2.64 bits per heavy atom. The Labute approximate surface area is 148 Å². The molecule has 7 heteroatoms. The zero-order chi connectivity index (χ0) is 18.8. The van der Waals surface area contributed by atoms with Crippen molar-refractivity contribution in [2.75, 3.05) is 6.61 Å². The fourth-order valence-corrected chi connectivity index (χ4v) is 2.84. The molecule has 25 heavy (non-hydrogen) atoms. The van der Waals surface area contributed by atoms with E-state index >= 15 is 0 Å². The van der Waals surface area contributed by atoms with Gasteiger partial charge in [-0.1, -0.05) is 6.08 Å².